The average Bonchev–Trinajstić information content (AvgIpc) is 2.67. The first kappa shape index (κ1) is 16.9. The first-order valence-electron chi connectivity index (χ1n) is 9.11. The van der Waals surface area contributed by atoms with Crippen LogP contribution >= 0.6 is 11.6 Å². The van der Waals surface area contributed by atoms with E-state index in [1.54, 1.807) is 7.11 Å². The van der Waals surface area contributed by atoms with Gasteiger partial charge >= 0.3 is 0 Å². The summed E-state index contributed by atoms with van der Waals surface area (Å²) in [6.45, 7) is 3.21. The van der Waals surface area contributed by atoms with Crippen LogP contribution in [-0.4, -0.2) is 31.1 Å². The fourth-order valence-corrected chi connectivity index (χ4v) is 4.70. The molecule has 132 valence electrons. The molecule has 3 saturated heterocycles. The molecule has 3 fully saturated rings. The molecule has 5 rings (SSSR count). The Morgan fingerprint density at radius 3 is 2.68 bits per heavy atom. The number of benzene rings is 2. The summed E-state index contributed by atoms with van der Waals surface area (Å²) >= 11 is 6.27. The summed E-state index contributed by atoms with van der Waals surface area (Å²) in [5.41, 5.74) is 2.54. The summed E-state index contributed by atoms with van der Waals surface area (Å²) in [7, 11) is 1.74. The van der Waals surface area contributed by atoms with E-state index in [1.807, 2.05) is 18.2 Å². The van der Waals surface area contributed by atoms with Crippen LogP contribution in [0, 0.1) is 5.92 Å². The van der Waals surface area contributed by atoms with Gasteiger partial charge in [0.2, 0.25) is 0 Å². The number of rotatable bonds is 5. The van der Waals surface area contributed by atoms with Gasteiger partial charge in [-0.2, -0.15) is 0 Å². The van der Waals surface area contributed by atoms with Gasteiger partial charge in [0.25, 0.3) is 0 Å². The highest BCUT2D eigenvalue weighted by atomic mass is 35.5. The summed E-state index contributed by atoms with van der Waals surface area (Å²) in [5.74, 6) is 1.68. The Morgan fingerprint density at radius 1 is 1.12 bits per heavy atom. The van der Waals surface area contributed by atoms with Gasteiger partial charge in [-0.15, -0.1) is 0 Å². The Bertz CT molecular complexity index is 727. The fraction of sp³-hybridized carbons (Fsp3) is 0.429. The van der Waals surface area contributed by atoms with Gasteiger partial charge in [0.15, 0.2) is 0 Å². The molecule has 0 aliphatic carbocycles. The monoisotopic (exact) mass is 356 g/mol. The minimum absolute atomic E-state index is 0.404. The quantitative estimate of drug-likeness (QED) is 0.865. The van der Waals surface area contributed by atoms with Crippen LogP contribution in [0.1, 0.15) is 30.0 Å². The number of nitrogens with one attached hydrogen (secondary N) is 1. The van der Waals surface area contributed by atoms with Crippen molar-refractivity contribution in [2.75, 3.05) is 20.2 Å². The van der Waals surface area contributed by atoms with E-state index in [-0.39, 0.29) is 0 Å². The van der Waals surface area contributed by atoms with Crippen molar-refractivity contribution in [2.45, 2.75) is 31.5 Å². The zero-order valence-electron chi connectivity index (χ0n) is 14.6. The molecule has 0 spiro atoms. The van der Waals surface area contributed by atoms with E-state index >= 15 is 0 Å². The maximum absolute atomic E-state index is 6.27. The number of piperidine rings is 3. The zero-order valence-corrected chi connectivity index (χ0v) is 15.4. The van der Waals surface area contributed by atoms with Gasteiger partial charge in [-0.1, -0.05) is 41.9 Å². The lowest BCUT2D eigenvalue weighted by Gasteiger charge is -2.51. The normalized spacial score (nSPS) is 28.1. The van der Waals surface area contributed by atoms with Crippen LogP contribution in [0.3, 0.4) is 0 Å². The minimum atomic E-state index is 0.404. The van der Waals surface area contributed by atoms with E-state index in [0.717, 1.165) is 23.2 Å². The predicted molar refractivity (Wildman–Crippen MR) is 102 cm³/mol. The highest BCUT2D eigenvalue weighted by Crippen LogP contribution is 2.41. The van der Waals surface area contributed by atoms with Crippen LogP contribution in [0.25, 0.3) is 0 Å². The highest BCUT2D eigenvalue weighted by molar-refractivity contribution is 6.30. The van der Waals surface area contributed by atoms with Crippen molar-refractivity contribution in [1.82, 2.24) is 10.2 Å². The second kappa shape index (κ2) is 7.36. The largest absolute Gasteiger partial charge is 0.496 e. The molecule has 0 saturated carbocycles. The molecule has 0 radical (unpaired) electrons. The summed E-state index contributed by atoms with van der Waals surface area (Å²) in [6, 6.07) is 17.5. The van der Waals surface area contributed by atoms with Crippen LogP contribution < -0.4 is 10.1 Å². The Hall–Kier alpha value is -1.55. The second-order valence-electron chi connectivity index (χ2n) is 7.09. The molecule has 3 aliphatic heterocycles. The van der Waals surface area contributed by atoms with Gasteiger partial charge in [0.05, 0.1) is 13.2 Å². The lowest BCUT2D eigenvalue weighted by atomic mass is 9.76. The maximum Gasteiger partial charge on any atom is 0.123 e. The summed E-state index contributed by atoms with van der Waals surface area (Å²) in [5, 5.41) is 4.67. The van der Waals surface area contributed by atoms with Gasteiger partial charge in [-0.25, -0.2) is 0 Å². The smallest absolute Gasteiger partial charge is 0.123 e. The van der Waals surface area contributed by atoms with E-state index in [0.29, 0.717) is 12.1 Å². The molecule has 3 aliphatic rings. The molecular weight excluding hydrogens is 332 g/mol. The second-order valence-corrected chi connectivity index (χ2v) is 7.53. The van der Waals surface area contributed by atoms with Crippen LogP contribution in [0.15, 0.2) is 48.5 Å². The van der Waals surface area contributed by atoms with Crippen molar-refractivity contribution in [1.29, 1.82) is 0 Å². The van der Waals surface area contributed by atoms with Gasteiger partial charge < -0.3 is 10.1 Å². The SMILES string of the molecule is COc1ccccc1CN[C@@H]1C2CCN(CC2)[C@H]1c1cccc(Cl)c1. The Labute approximate surface area is 154 Å². The molecule has 4 heteroatoms. The van der Waals surface area contributed by atoms with Crippen LogP contribution in [0.2, 0.25) is 5.02 Å². The van der Waals surface area contributed by atoms with Crippen molar-refractivity contribution in [2.24, 2.45) is 5.92 Å². The van der Waals surface area contributed by atoms with Crippen molar-refractivity contribution in [3.8, 4) is 5.75 Å². The molecule has 3 nitrogen and oxygen atoms in total. The Kier molecular flexibility index (Phi) is 4.98. The molecule has 2 aromatic rings. The molecule has 2 aromatic carbocycles. The highest BCUT2D eigenvalue weighted by Gasteiger charge is 2.42. The van der Waals surface area contributed by atoms with Crippen LogP contribution in [0.5, 0.6) is 5.75 Å². The third-order valence-electron chi connectivity index (χ3n) is 5.73. The number of halogens is 1. The molecular formula is C21H25ClN2O. The lowest BCUT2D eigenvalue weighted by Crippen LogP contribution is -2.57. The summed E-state index contributed by atoms with van der Waals surface area (Å²) < 4.78 is 5.51. The third kappa shape index (κ3) is 3.41. The van der Waals surface area contributed by atoms with Gasteiger partial charge in [0.1, 0.15) is 5.75 Å². The minimum Gasteiger partial charge on any atom is -0.496 e. The first-order valence-corrected chi connectivity index (χ1v) is 9.49. The number of methoxy groups -OCH3 is 1. The summed E-state index contributed by atoms with van der Waals surface area (Å²) in [6.07, 6.45) is 2.56. The molecule has 3 heterocycles. The number of nitrogens with zero attached hydrogens (tertiary/aromatic N) is 1. The van der Waals surface area contributed by atoms with E-state index < -0.39 is 0 Å². The number of fused-ring (bicyclic) bond motifs is 3. The van der Waals surface area contributed by atoms with Crippen molar-refractivity contribution in [3.05, 3.63) is 64.7 Å². The van der Waals surface area contributed by atoms with E-state index in [4.69, 9.17) is 16.3 Å². The fourth-order valence-electron chi connectivity index (χ4n) is 4.51. The molecule has 0 amide bonds. The standard InChI is InChI=1S/C21H25ClN2O/c1-25-19-8-3-2-5-17(19)14-23-20-15-9-11-24(12-10-15)21(20)16-6-4-7-18(22)13-16/h2-8,13,15,20-21,23H,9-12,14H2,1H3/t20-,21+/m1/s1. The number of para-hydroxylation sites is 1. The maximum atomic E-state index is 6.27. The van der Waals surface area contributed by atoms with Gasteiger partial charge in [-0.05, 0) is 55.6 Å². The van der Waals surface area contributed by atoms with E-state index in [1.165, 1.54) is 37.1 Å². The van der Waals surface area contributed by atoms with E-state index in [2.05, 4.69) is 40.5 Å². The van der Waals surface area contributed by atoms with E-state index in [9.17, 15) is 0 Å². The predicted octanol–water partition coefficient (Wildman–Crippen LogP) is 4.27. The topological polar surface area (TPSA) is 24.5 Å². The average molecular weight is 357 g/mol. The Balaban J connectivity index is 1.57. The summed E-state index contributed by atoms with van der Waals surface area (Å²) in [4.78, 5) is 2.62. The van der Waals surface area contributed by atoms with Gasteiger partial charge in [-0.3, -0.25) is 4.90 Å². The molecule has 2 atom stereocenters. The lowest BCUT2D eigenvalue weighted by molar-refractivity contribution is 0.0112. The Morgan fingerprint density at radius 2 is 1.92 bits per heavy atom. The molecule has 25 heavy (non-hydrogen) atoms. The third-order valence-corrected chi connectivity index (χ3v) is 5.96. The molecule has 1 N–H and O–H groups in total. The number of hydrogen-bond donors (Lipinski definition) is 1. The van der Waals surface area contributed by atoms with Gasteiger partial charge in [0, 0.05) is 23.2 Å². The molecule has 0 aromatic heterocycles. The van der Waals surface area contributed by atoms with Crippen molar-refractivity contribution < 1.29 is 4.74 Å². The van der Waals surface area contributed by atoms with Crippen LogP contribution in [-0.2, 0) is 6.54 Å². The molecule has 0 unspecified atom stereocenters. The number of hydrogen-bond acceptors (Lipinski definition) is 3. The first-order chi connectivity index (χ1) is 12.3. The van der Waals surface area contributed by atoms with Crippen molar-refractivity contribution in [3.63, 3.8) is 0 Å². The number of ether oxygens (including phenoxy) is 1. The zero-order chi connectivity index (χ0) is 17.2. The molecule has 2 bridgehead atoms. The van der Waals surface area contributed by atoms with Crippen molar-refractivity contribution >= 4 is 11.6 Å². The van der Waals surface area contributed by atoms with Crippen LogP contribution in [0.4, 0.5) is 0 Å².